The molecular weight excluding hydrogens is 576 g/mol. The Balaban J connectivity index is 1.08. The van der Waals surface area contributed by atoms with Crippen molar-refractivity contribution in [3.05, 3.63) is 29.3 Å². The Bertz CT molecular complexity index is 1090. The van der Waals surface area contributed by atoms with E-state index in [1.165, 1.54) is 12.8 Å². The number of hydrogen-bond acceptors (Lipinski definition) is 2. The highest BCUT2D eigenvalue weighted by atomic mass is 19.4. The zero-order chi connectivity index (χ0) is 31.7. The minimum absolute atomic E-state index is 0.0563. The molecule has 3 aliphatic carbocycles. The van der Waals surface area contributed by atoms with Gasteiger partial charge in [-0.2, -0.15) is 22.0 Å². The van der Waals surface area contributed by atoms with Crippen LogP contribution in [0.15, 0.2) is 18.2 Å². The number of alkyl halides is 6. The van der Waals surface area contributed by atoms with E-state index >= 15 is 4.39 Å². The molecule has 8 atom stereocenters. The third kappa shape index (κ3) is 7.10. The Labute approximate surface area is 260 Å². The van der Waals surface area contributed by atoms with E-state index in [9.17, 15) is 27.1 Å². The normalized spacial score (nSPS) is 34.1. The van der Waals surface area contributed by atoms with Crippen molar-refractivity contribution in [1.82, 2.24) is 4.90 Å². The molecule has 8 heteroatoms. The second-order valence-electron chi connectivity index (χ2n) is 15.1. The highest BCUT2D eigenvalue weighted by Crippen LogP contribution is 2.65. The third-order valence-electron chi connectivity index (χ3n) is 12.5. The second kappa shape index (κ2) is 13.7. The molecule has 0 bridgehead atoms. The summed E-state index contributed by atoms with van der Waals surface area (Å²) in [6.07, 6.45) is 6.20. The number of unbranched alkanes of at least 4 members (excludes halogenated alkanes) is 5. The highest BCUT2D eigenvalue weighted by Gasteiger charge is 2.59. The van der Waals surface area contributed by atoms with Gasteiger partial charge in [0, 0.05) is 18.4 Å². The maximum atomic E-state index is 16.1. The molecule has 1 aromatic rings. The minimum atomic E-state index is -5.45. The Kier molecular flexibility index (Phi) is 10.6. The van der Waals surface area contributed by atoms with Crippen molar-refractivity contribution in [3.63, 3.8) is 0 Å². The van der Waals surface area contributed by atoms with Gasteiger partial charge in [0.25, 0.3) is 0 Å². The predicted octanol–water partition coefficient (Wildman–Crippen LogP) is 10.6. The van der Waals surface area contributed by atoms with Gasteiger partial charge in [-0.1, -0.05) is 52.0 Å². The maximum absolute atomic E-state index is 16.1. The van der Waals surface area contributed by atoms with Crippen LogP contribution in [0.4, 0.5) is 26.3 Å². The van der Waals surface area contributed by atoms with Crippen molar-refractivity contribution in [3.8, 4) is 5.75 Å². The van der Waals surface area contributed by atoms with E-state index in [2.05, 4.69) is 18.7 Å². The number of likely N-dealkylation sites (tertiary alicyclic amines) is 1. The molecule has 44 heavy (non-hydrogen) atoms. The number of aromatic hydroxyl groups is 1. The molecule has 1 aromatic carbocycles. The lowest BCUT2D eigenvalue weighted by molar-refractivity contribution is -0.284. The van der Waals surface area contributed by atoms with Crippen LogP contribution in [-0.4, -0.2) is 47.4 Å². The van der Waals surface area contributed by atoms with Crippen molar-refractivity contribution < 1.29 is 31.4 Å². The van der Waals surface area contributed by atoms with Crippen molar-refractivity contribution in [2.75, 3.05) is 13.1 Å². The van der Waals surface area contributed by atoms with E-state index in [0.29, 0.717) is 49.0 Å². The van der Waals surface area contributed by atoms with Crippen molar-refractivity contribution >= 4 is 0 Å². The lowest BCUT2D eigenvalue weighted by Crippen LogP contribution is -2.50. The zero-order valence-corrected chi connectivity index (χ0v) is 26.7. The van der Waals surface area contributed by atoms with Crippen LogP contribution in [0.1, 0.15) is 127 Å². The number of benzene rings is 1. The molecule has 0 spiro atoms. The fourth-order valence-electron chi connectivity index (χ4n) is 9.95. The SMILES string of the molecule is CC1CCC2C3C(c4ccc(O)cc4C[C@H]3CCCCCN3CCCC3CCCCCCC(F)(F)C(F)(F)F)C(F)CC12C. The molecule has 7 unspecified atom stereocenters. The highest BCUT2D eigenvalue weighted by molar-refractivity contribution is 5.41. The number of rotatable bonds is 13. The molecule has 250 valence electrons. The van der Waals surface area contributed by atoms with Gasteiger partial charge in [-0.25, -0.2) is 4.39 Å². The molecule has 2 saturated carbocycles. The van der Waals surface area contributed by atoms with Crippen molar-refractivity contribution in [1.29, 1.82) is 0 Å². The van der Waals surface area contributed by atoms with Crippen LogP contribution in [0.3, 0.4) is 0 Å². The van der Waals surface area contributed by atoms with Crippen LogP contribution in [0.5, 0.6) is 5.75 Å². The van der Waals surface area contributed by atoms with Gasteiger partial charge < -0.3 is 10.0 Å². The first-order valence-corrected chi connectivity index (χ1v) is 17.5. The molecule has 5 rings (SSSR count). The van der Waals surface area contributed by atoms with Gasteiger partial charge in [-0.15, -0.1) is 0 Å². The Hall–Kier alpha value is -1.44. The molecule has 2 nitrogen and oxygen atoms in total. The monoisotopic (exact) mass is 629 g/mol. The Morgan fingerprint density at radius 2 is 1.66 bits per heavy atom. The summed E-state index contributed by atoms with van der Waals surface area (Å²) in [6.45, 7) is 6.79. The van der Waals surface area contributed by atoms with E-state index in [1.807, 2.05) is 12.1 Å². The van der Waals surface area contributed by atoms with E-state index in [0.717, 1.165) is 82.0 Å². The fourth-order valence-corrected chi connectivity index (χ4v) is 9.95. The fraction of sp³-hybridized carbons (Fsp3) is 0.833. The second-order valence-corrected chi connectivity index (χ2v) is 15.1. The lowest BCUT2D eigenvalue weighted by Gasteiger charge is -2.55. The Morgan fingerprint density at radius 1 is 0.932 bits per heavy atom. The number of phenols is 1. The molecule has 0 aromatic heterocycles. The van der Waals surface area contributed by atoms with Crippen LogP contribution >= 0.6 is 0 Å². The first kappa shape index (κ1) is 33.9. The summed E-state index contributed by atoms with van der Waals surface area (Å²) in [4.78, 5) is 2.55. The maximum Gasteiger partial charge on any atom is 0.453 e. The van der Waals surface area contributed by atoms with E-state index < -0.39 is 24.7 Å². The summed E-state index contributed by atoms with van der Waals surface area (Å²) in [6, 6.07) is 6.09. The minimum Gasteiger partial charge on any atom is -0.508 e. The number of fused-ring (bicyclic) bond motifs is 5. The van der Waals surface area contributed by atoms with E-state index in [-0.39, 0.29) is 23.5 Å². The summed E-state index contributed by atoms with van der Waals surface area (Å²) in [5.41, 5.74) is 2.35. The summed E-state index contributed by atoms with van der Waals surface area (Å²) >= 11 is 0. The van der Waals surface area contributed by atoms with Gasteiger partial charge in [0.1, 0.15) is 11.9 Å². The van der Waals surface area contributed by atoms with E-state index in [1.54, 1.807) is 6.07 Å². The van der Waals surface area contributed by atoms with Gasteiger partial charge in [0.15, 0.2) is 0 Å². The van der Waals surface area contributed by atoms with Gasteiger partial charge in [0.05, 0.1) is 0 Å². The van der Waals surface area contributed by atoms with Gasteiger partial charge >= 0.3 is 12.1 Å². The number of hydrogen-bond donors (Lipinski definition) is 1. The summed E-state index contributed by atoms with van der Waals surface area (Å²) in [5.74, 6) is -2.43. The average Bonchev–Trinajstić information content (AvgIpc) is 3.52. The molecular formula is C36H53F6NO. The molecule has 4 aliphatic rings. The van der Waals surface area contributed by atoms with Crippen molar-refractivity contribution in [2.45, 2.75) is 147 Å². The van der Waals surface area contributed by atoms with Crippen LogP contribution in [0, 0.1) is 29.1 Å². The van der Waals surface area contributed by atoms with Gasteiger partial charge in [-0.3, -0.25) is 0 Å². The van der Waals surface area contributed by atoms with Crippen LogP contribution < -0.4 is 0 Å². The zero-order valence-electron chi connectivity index (χ0n) is 26.7. The summed E-state index contributed by atoms with van der Waals surface area (Å²) in [7, 11) is 0. The molecule has 3 fully saturated rings. The largest absolute Gasteiger partial charge is 0.508 e. The first-order valence-electron chi connectivity index (χ1n) is 17.5. The summed E-state index contributed by atoms with van der Waals surface area (Å²) in [5, 5.41) is 10.2. The molecule has 1 N–H and O–H groups in total. The Morgan fingerprint density at radius 3 is 2.43 bits per heavy atom. The van der Waals surface area contributed by atoms with Gasteiger partial charge in [0.2, 0.25) is 0 Å². The summed E-state index contributed by atoms with van der Waals surface area (Å²) < 4.78 is 79.3. The van der Waals surface area contributed by atoms with Crippen molar-refractivity contribution in [2.24, 2.45) is 29.1 Å². The number of halogens is 6. The first-order chi connectivity index (χ1) is 20.8. The third-order valence-corrected chi connectivity index (χ3v) is 12.5. The van der Waals surface area contributed by atoms with Crippen LogP contribution in [0.2, 0.25) is 0 Å². The topological polar surface area (TPSA) is 23.5 Å². The molecule has 1 aliphatic heterocycles. The van der Waals surface area contributed by atoms with Crippen LogP contribution in [-0.2, 0) is 6.42 Å². The predicted molar refractivity (Wildman–Crippen MR) is 163 cm³/mol. The van der Waals surface area contributed by atoms with Crippen LogP contribution in [0.25, 0.3) is 0 Å². The quantitative estimate of drug-likeness (QED) is 0.173. The standard InChI is InChI=1S/C36H53F6NO/c1-24-14-17-30-32-25(21-26-22-28(44)15-16-29(26)33(32)31(37)23-34(24,30)2)11-6-5-9-19-43-20-10-13-27(43)12-7-3-4-8-18-35(38,39)36(40,41)42/h15-16,22,24-25,27,30-33,44H,3-14,17-21,23H2,1-2H3/t24?,25-,27?,30?,31?,32?,33?,34?/m1/s1. The molecule has 0 radical (unpaired) electrons. The van der Waals surface area contributed by atoms with Gasteiger partial charge in [-0.05, 0) is 130 Å². The molecule has 1 saturated heterocycles. The number of nitrogens with zero attached hydrogens (tertiary/aromatic N) is 1. The molecule has 0 amide bonds. The number of phenolic OH excluding ortho intramolecular Hbond substituents is 1. The molecule has 1 heterocycles. The van der Waals surface area contributed by atoms with E-state index in [4.69, 9.17) is 0 Å². The smallest absolute Gasteiger partial charge is 0.453 e. The average molecular weight is 630 g/mol. The lowest BCUT2D eigenvalue weighted by atomic mass is 9.50.